The fourth-order valence-corrected chi connectivity index (χ4v) is 2.31. The predicted octanol–water partition coefficient (Wildman–Crippen LogP) is 2.92. The molecular formula is C20H24N2O5. The number of phenolic OH excluding ortho intramolecular Hbond substituents is 1. The molecule has 27 heavy (non-hydrogen) atoms. The molecular weight excluding hydrogens is 348 g/mol. The van der Waals surface area contributed by atoms with Crippen LogP contribution >= 0.6 is 0 Å². The van der Waals surface area contributed by atoms with E-state index in [0.717, 1.165) is 5.56 Å². The topological polar surface area (TPSA) is 89.9 Å². The molecule has 7 heteroatoms. The number of aromatic hydroxyl groups is 1. The fraction of sp³-hybridized carbons (Fsp3) is 0.300. The SMILES string of the molecule is COc1cc(C=CC(=O)NCc2cccnc2OC(C)C)cc(OC)c1O. The summed E-state index contributed by atoms with van der Waals surface area (Å²) in [5.74, 6) is 0.668. The van der Waals surface area contributed by atoms with E-state index in [9.17, 15) is 9.90 Å². The van der Waals surface area contributed by atoms with Crippen molar-refractivity contribution in [2.24, 2.45) is 0 Å². The zero-order valence-electron chi connectivity index (χ0n) is 15.9. The molecule has 0 aliphatic carbocycles. The van der Waals surface area contributed by atoms with Gasteiger partial charge in [-0.05, 0) is 43.7 Å². The minimum absolute atomic E-state index is 0.00583. The zero-order chi connectivity index (χ0) is 19.8. The van der Waals surface area contributed by atoms with Crippen LogP contribution in [0.15, 0.2) is 36.5 Å². The summed E-state index contributed by atoms with van der Waals surface area (Å²) >= 11 is 0. The summed E-state index contributed by atoms with van der Waals surface area (Å²) in [5, 5.41) is 12.7. The van der Waals surface area contributed by atoms with Gasteiger partial charge in [0.2, 0.25) is 17.5 Å². The summed E-state index contributed by atoms with van der Waals surface area (Å²) in [6.07, 6.45) is 4.64. The van der Waals surface area contributed by atoms with Crippen molar-refractivity contribution in [3.8, 4) is 23.1 Å². The minimum atomic E-state index is -0.277. The normalized spacial score (nSPS) is 10.9. The third-order valence-electron chi connectivity index (χ3n) is 3.58. The van der Waals surface area contributed by atoms with Crippen LogP contribution in [-0.2, 0) is 11.3 Å². The van der Waals surface area contributed by atoms with E-state index in [0.29, 0.717) is 18.0 Å². The second-order valence-electron chi connectivity index (χ2n) is 5.96. The van der Waals surface area contributed by atoms with Crippen LogP contribution in [0.1, 0.15) is 25.0 Å². The lowest BCUT2D eigenvalue weighted by atomic mass is 10.1. The summed E-state index contributed by atoms with van der Waals surface area (Å²) < 4.78 is 15.8. The molecule has 0 aliphatic heterocycles. The summed E-state index contributed by atoms with van der Waals surface area (Å²) in [6, 6.07) is 6.86. The Kier molecular flexibility index (Phi) is 7.05. The van der Waals surface area contributed by atoms with E-state index in [1.807, 2.05) is 19.9 Å². The van der Waals surface area contributed by atoms with Crippen LogP contribution < -0.4 is 19.5 Å². The van der Waals surface area contributed by atoms with Crippen molar-refractivity contribution in [2.45, 2.75) is 26.5 Å². The second-order valence-corrected chi connectivity index (χ2v) is 5.96. The van der Waals surface area contributed by atoms with E-state index < -0.39 is 0 Å². The first-order valence-electron chi connectivity index (χ1n) is 8.46. The number of hydrogen-bond acceptors (Lipinski definition) is 6. The number of benzene rings is 1. The van der Waals surface area contributed by atoms with Gasteiger partial charge in [0.1, 0.15) is 0 Å². The van der Waals surface area contributed by atoms with Crippen molar-refractivity contribution in [1.82, 2.24) is 10.3 Å². The number of aromatic nitrogens is 1. The van der Waals surface area contributed by atoms with Crippen molar-refractivity contribution in [3.05, 3.63) is 47.7 Å². The monoisotopic (exact) mass is 372 g/mol. The molecule has 0 bridgehead atoms. The molecule has 0 spiro atoms. The van der Waals surface area contributed by atoms with Crippen molar-refractivity contribution < 1.29 is 24.1 Å². The highest BCUT2D eigenvalue weighted by molar-refractivity contribution is 5.91. The largest absolute Gasteiger partial charge is 0.502 e. The van der Waals surface area contributed by atoms with Crippen LogP contribution in [0.3, 0.4) is 0 Å². The summed E-state index contributed by atoms with van der Waals surface area (Å²) in [6.45, 7) is 4.13. The Morgan fingerprint density at radius 3 is 2.52 bits per heavy atom. The molecule has 0 saturated heterocycles. The number of phenols is 1. The number of ether oxygens (including phenoxy) is 3. The molecule has 0 radical (unpaired) electrons. The number of nitrogens with zero attached hydrogens (tertiary/aromatic N) is 1. The number of nitrogens with one attached hydrogen (secondary N) is 1. The van der Waals surface area contributed by atoms with E-state index in [4.69, 9.17) is 14.2 Å². The average molecular weight is 372 g/mol. The summed E-state index contributed by atoms with van der Waals surface area (Å²) in [4.78, 5) is 16.3. The second kappa shape index (κ2) is 9.47. The molecule has 0 unspecified atom stereocenters. The summed E-state index contributed by atoms with van der Waals surface area (Å²) in [7, 11) is 2.89. The van der Waals surface area contributed by atoms with Crippen molar-refractivity contribution in [3.63, 3.8) is 0 Å². The van der Waals surface area contributed by atoms with E-state index in [1.165, 1.54) is 20.3 Å². The molecule has 0 saturated carbocycles. The van der Waals surface area contributed by atoms with Crippen molar-refractivity contribution in [1.29, 1.82) is 0 Å². The number of rotatable bonds is 8. The van der Waals surface area contributed by atoms with Gasteiger partial charge in [-0.3, -0.25) is 4.79 Å². The van der Waals surface area contributed by atoms with Crippen LogP contribution in [0.25, 0.3) is 6.08 Å². The lowest BCUT2D eigenvalue weighted by molar-refractivity contribution is -0.116. The Balaban J connectivity index is 2.04. The van der Waals surface area contributed by atoms with Gasteiger partial charge < -0.3 is 24.6 Å². The van der Waals surface area contributed by atoms with Gasteiger partial charge >= 0.3 is 0 Å². The number of amides is 1. The standard InChI is InChI=1S/C20H24N2O5/c1-13(2)27-20-15(6-5-9-21-20)12-22-18(23)8-7-14-10-16(25-3)19(24)17(11-14)26-4/h5-11,13,24H,12H2,1-4H3,(H,22,23). The van der Waals surface area contributed by atoms with Crippen molar-refractivity contribution >= 4 is 12.0 Å². The molecule has 1 aromatic carbocycles. The zero-order valence-corrected chi connectivity index (χ0v) is 15.9. The van der Waals surface area contributed by atoms with Gasteiger partial charge in [-0.1, -0.05) is 6.07 Å². The quantitative estimate of drug-likeness (QED) is 0.693. The number of carbonyl (C=O) groups is 1. The molecule has 1 aromatic heterocycles. The van der Waals surface area contributed by atoms with Gasteiger partial charge in [-0.2, -0.15) is 0 Å². The molecule has 2 N–H and O–H groups in total. The van der Waals surface area contributed by atoms with E-state index >= 15 is 0 Å². The van der Waals surface area contributed by atoms with E-state index in [-0.39, 0.29) is 29.3 Å². The maximum Gasteiger partial charge on any atom is 0.244 e. The molecule has 1 amide bonds. The molecule has 2 aromatic rings. The molecule has 0 fully saturated rings. The Morgan fingerprint density at radius 2 is 1.93 bits per heavy atom. The van der Waals surface area contributed by atoms with Gasteiger partial charge in [-0.25, -0.2) is 4.98 Å². The van der Waals surface area contributed by atoms with E-state index in [1.54, 1.807) is 30.5 Å². The number of carbonyl (C=O) groups excluding carboxylic acids is 1. The third kappa shape index (κ3) is 5.64. The predicted molar refractivity (Wildman–Crippen MR) is 102 cm³/mol. The molecule has 0 aliphatic rings. The third-order valence-corrected chi connectivity index (χ3v) is 3.58. The molecule has 1 heterocycles. The van der Waals surface area contributed by atoms with Gasteiger partial charge in [0.15, 0.2) is 11.5 Å². The molecule has 0 atom stereocenters. The Hall–Kier alpha value is -3.22. The fourth-order valence-electron chi connectivity index (χ4n) is 2.31. The molecule has 2 rings (SSSR count). The highest BCUT2D eigenvalue weighted by Gasteiger charge is 2.10. The smallest absolute Gasteiger partial charge is 0.244 e. The Bertz CT molecular complexity index is 793. The van der Waals surface area contributed by atoms with Crippen LogP contribution in [0.2, 0.25) is 0 Å². The van der Waals surface area contributed by atoms with Crippen LogP contribution in [-0.4, -0.2) is 36.3 Å². The van der Waals surface area contributed by atoms with Crippen LogP contribution in [0.4, 0.5) is 0 Å². The van der Waals surface area contributed by atoms with E-state index in [2.05, 4.69) is 10.3 Å². The van der Waals surface area contributed by atoms with Gasteiger partial charge in [-0.15, -0.1) is 0 Å². The number of methoxy groups -OCH3 is 2. The lowest BCUT2D eigenvalue weighted by Gasteiger charge is -2.12. The Morgan fingerprint density at radius 1 is 1.26 bits per heavy atom. The molecule has 144 valence electrons. The number of hydrogen-bond donors (Lipinski definition) is 2. The van der Waals surface area contributed by atoms with Crippen molar-refractivity contribution in [2.75, 3.05) is 14.2 Å². The highest BCUT2D eigenvalue weighted by Crippen LogP contribution is 2.37. The summed E-state index contributed by atoms with van der Waals surface area (Å²) in [5.41, 5.74) is 1.45. The van der Waals surface area contributed by atoms with Gasteiger partial charge in [0, 0.05) is 24.4 Å². The minimum Gasteiger partial charge on any atom is -0.502 e. The van der Waals surface area contributed by atoms with Gasteiger partial charge in [0.25, 0.3) is 0 Å². The van der Waals surface area contributed by atoms with Gasteiger partial charge in [0.05, 0.1) is 20.3 Å². The van der Waals surface area contributed by atoms with Crippen LogP contribution in [0, 0.1) is 0 Å². The average Bonchev–Trinajstić information content (AvgIpc) is 2.66. The lowest BCUT2D eigenvalue weighted by Crippen LogP contribution is -2.21. The molecule has 7 nitrogen and oxygen atoms in total. The first kappa shape index (κ1) is 20.1. The Labute approximate surface area is 158 Å². The highest BCUT2D eigenvalue weighted by atomic mass is 16.5. The maximum absolute atomic E-state index is 12.1. The first-order chi connectivity index (χ1) is 12.9. The maximum atomic E-state index is 12.1. The number of pyridine rings is 1. The van der Waals surface area contributed by atoms with Crippen LogP contribution in [0.5, 0.6) is 23.1 Å². The first-order valence-corrected chi connectivity index (χ1v) is 8.46.